The van der Waals surface area contributed by atoms with Gasteiger partial charge in [-0.05, 0) is 19.9 Å². The standard InChI is InChI=1S/C20H32N4O4S/c1-12-16-15(13(2)25)19(26)24(16)17(20(27)28)18(12)29-14-3-6-23(11-14)10-9-22-7-4-21-5-8-22/h12-16,21,25H,3-11H2,1-2H3,(H,27,28)/t12-,13-,14-,15-,16-/m1/s1. The van der Waals surface area contributed by atoms with Gasteiger partial charge in [0.25, 0.3) is 0 Å². The van der Waals surface area contributed by atoms with E-state index < -0.39 is 18.0 Å². The number of rotatable bonds is 7. The summed E-state index contributed by atoms with van der Waals surface area (Å²) in [5.74, 6) is -1.82. The number of hydrogen-bond donors (Lipinski definition) is 3. The first-order valence-electron chi connectivity index (χ1n) is 10.7. The minimum atomic E-state index is -1.03. The van der Waals surface area contributed by atoms with Crippen LogP contribution in [0.25, 0.3) is 0 Å². The molecule has 3 saturated heterocycles. The maximum atomic E-state index is 12.5. The van der Waals surface area contributed by atoms with Crippen LogP contribution in [-0.2, 0) is 9.59 Å². The highest BCUT2D eigenvalue weighted by molar-refractivity contribution is 8.03. The van der Waals surface area contributed by atoms with Crippen LogP contribution in [0.4, 0.5) is 0 Å². The van der Waals surface area contributed by atoms with E-state index in [2.05, 4.69) is 15.1 Å². The predicted octanol–water partition coefficient (Wildman–Crippen LogP) is -0.147. The molecule has 29 heavy (non-hydrogen) atoms. The van der Waals surface area contributed by atoms with Gasteiger partial charge in [-0.3, -0.25) is 9.69 Å². The van der Waals surface area contributed by atoms with Crippen molar-refractivity contribution >= 4 is 23.6 Å². The predicted molar refractivity (Wildman–Crippen MR) is 111 cm³/mol. The molecule has 4 rings (SSSR count). The summed E-state index contributed by atoms with van der Waals surface area (Å²) in [5.41, 5.74) is 0.147. The van der Waals surface area contributed by atoms with Crippen LogP contribution in [0.1, 0.15) is 20.3 Å². The molecule has 5 atom stereocenters. The molecule has 0 saturated carbocycles. The average Bonchev–Trinajstić information content (AvgIpc) is 3.22. The van der Waals surface area contributed by atoms with Gasteiger partial charge in [0.05, 0.1) is 18.1 Å². The number of fused-ring (bicyclic) bond motifs is 1. The molecule has 1 amide bonds. The van der Waals surface area contributed by atoms with E-state index in [4.69, 9.17) is 0 Å². The van der Waals surface area contributed by atoms with Crippen LogP contribution < -0.4 is 5.32 Å². The number of amides is 1. The van der Waals surface area contributed by atoms with Crippen LogP contribution in [-0.4, -0.2) is 107 Å². The number of aliphatic hydroxyl groups excluding tert-OH is 1. The zero-order valence-corrected chi connectivity index (χ0v) is 18.0. The second kappa shape index (κ2) is 8.55. The zero-order valence-electron chi connectivity index (χ0n) is 17.2. The van der Waals surface area contributed by atoms with Crippen LogP contribution >= 0.6 is 11.8 Å². The van der Waals surface area contributed by atoms with Crippen molar-refractivity contribution in [3.8, 4) is 0 Å². The number of hydrogen-bond acceptors (Lipinski definition) is 7. The Kier molecular flexibility index (Phi) is 6.22. The van der Waals surface area contributed by atoms with Gasteiger partial charge in [0, 0.05) is 61.9 Å². The zero-order chi connectivity index (χ0) is 20.7. The number of β-lactam (4-membered cyclic amide) rings is 1. The van der Waals surface area contributed by atoms with Gasteiger partial charge in [0.2, 0.25) is 5.91 Å². The van der Waals surface area contributed by atoms with Gasteiger partial charge < -0.3 is 25.3 Å². The van der Waals surface area contributed by atoms with Crippen molar-refractivity contribution in [2.45, 2.75) is 37.7 Å². The molecule has 9 heteroatoms. The summed E-state index contributed by atoms with van der Waals surface area (Å²) in [6.45, 7) is 12.1. The van der Waals surface area contributed by atoms with Gasteiger partial charge >= 0.3 is 5.97 Å². The number of aliphatic carboxylic acids is 1. The van der Waals surface area contributed by atoms with E-state index in [0.29, 0.717) is 5.25 Å². The first-order chi connectivity index (χ1) is 13.9. The van der Waals surface area contributed by atoms with E-state index in [1.807, 2.05) is 6.92 Å². The van der Waals surface area contributed by atoms with E-state index in [-0.39, 0.29) is 23.6 Å². The highest BCUT2D eigenvalue weighted by Crippen LogP contribution is 2.51. The van der Waals surface area contributed by atoms with Crippen LogP contribution in [0, 0.1) is 11.8 Å². The van der Waals surface area contributed by atoms with Crippen molar-refractivity contribution in [2.24, 2.45) is 11.8 Å². The molecule has 0 aromatic heterocycles. The van der Waals surface area contributed by atoms with E-state index in [1.54, 1.807) is 18.7 Å². The number of piperazine rings is 1. The Hall–Kier alpha value is -1.13. The largest absolute Gasteiger partial charge is 0.477 e. The first-order valence-corrected chi connectivity index (χ1v) is 11.6. The third-order valence-electron chi connectivity index (χ3n) is 6.78. The second-order valence-electron chi connectivity index (χ2n) is 8.69. The van der Waals surface area contributed by atoms with Gasteiger partial charge in [-0.15, -0.1) is 11.8 Å². The molecule has 0 aliphatic carbocycles. The number of carboxylic acids is 1. The highest BCUT2D eigenvalue weighted by atomic mass is 32.2. The Balaban J connectivity index is 1.37. The molecule has 3 N–H and O–H groups in total. The maximum Gasteiger partial charge on any atom is 0.353 e. The molecule has 162 valence electrons. The van der Waals surface area contributed by atoms with Gasteiger partial charge in [0.1, 0.15) is 5.70 Å². The van der Waals surface area contributed by atoms with Crippen molar-refractivity contribution in [3.63, 3.8) is 0 Å². The minimum absolute atomic E-state index is 0.0432. The lowest BCUT2D eigenvalue weighted by molar-refractivity contribution is -0.163. The van der Waals surface area contributed by atoms with E-state index in [0.717, 1.165) is 63.7 Å². The summed E-state index contributed by atoms with van der Waals surface area (Å²) in [6.07, 6.45) is 0.283. The fourth-order valence-electron chi connectivity index (χ4n) is 5.17. The van der Waals surface area contributed by atoms with E-state index in [1.165, 1.54) is 4.90 Å². The number of likely N-dealkylation sites (tertiary alicyclic amines) is 1. The van der Waals surface area contributed by atoms with Crippen molar-refractivity contribution < 1.29 is 19.8 Å². The fraction of sp³-hybridized carbons (Fsp3) is 0.800. The van der Waals surface area contributed by atoms with Crippen LogP contribution in [0.3, 0.4) is 0 Å². The van der Waals surface area contributed by atoms with Crippen molar-refractivity contribution in [1.82, 2.24) is 20.0 Å². The third-order valence-corrected chi connectivity index (χ3v) is 8.31. The summed E-state index contributed by atoms with van der Waals surface area (Å²) >= 11 is 1.65. The molecule has 0 aromatic carbocycles. The average molecular weight is 425 g/mol. The van der Waals surface area contributed by atoms with E-state index in [9.17, 15) is 19.8 Å². The van der Waals surface area contributed by atoms with Crippen molar-refractivity contribution in [2.75, 3.05) is 52.4 Å². The molecule has 0 aromatic rings. The Bertz CT molecular complexity index is 694. The Labute approximate surface area is 176 Å². The van der Waals surface area contributed by atoms with Crippen LogP contribution in [0.5, 0.6) is 0 Å². The molecule has 0 spiro atoms. The number of thioether (sulfide) groups is 1. The molecule has 0 bridgehead atoms. The maximum absolute atomic E-state index is 12.5. The monoisotopic (exact) mass is 424 g/mol. The molecular weight excluding hydrogens is 392 g/mol. The van der Waals surface area contributed by atoms with Gasteiger partial charge in [-0.25, -0.2) is 4.79 Å². The number of carbonyl (C=O) groups is 2. The quantitative estimate of drug-likeness (QED) is 0.486. The fourth-order valence-corrected chi connectivity index (χ4v) is 6.69. The van der Waals surface area contributed by atoms with Crippen LogP contribution in [0.2, 0.25) is 0 Å². The lowest BCUT2D eigenvalue weighted by atomic mass is 9.79. The molecular formula is C20H32N4O4S. The van der Waals surface area contributed by atoms with Gasteiger partial charge in [-0.2, -0.15) is 0 Å². The topological polar surface area (TPSA) is 96.3 Å². The lowest BCUT2D eigenvalue weighted by Crippen LogP contribution is -2.63. The molecule has 3 fully saturated rings. The Morgan fingerprint density at radius 3 is 2.59 bits per heavy atom. The van der Waals surface area contributed by atoms with Gasteiger partial charge in [-0.1, -0.05) is 6.92 Å². The summed E-state index contributed by atoms with van der Waals surface area (Å²) < 4.78 is 0. The summed E-state index contributed by atoms with van der Waals surface area (Å²) in [4.78, 5) is 31.6. The van der Waals surface area contributed by atoms with E-state index >= 15 is 0 Å². The smallest absolute Gasteiger partial charge is 0.353 e. The number of carbonyl (C=O) groups excluding carboxylic acids is 1. The number of nitrogens with zero attached hydrogens (tertiary/aromatic N) is 3. The molecule has 0 unspecified atom stereocenters. The number of nitrogens with one attached hydrogen (secondary N) is 1. The normalized spacial score (nSPS) is 34.4. The molecule has 4 aliphatic heterocycles. The molecule has 0 radical (unpaired) electrons. The number of carboxylic acid groups (broad SMARTS) is 1. The lowest BCUT2D eigenvalue weighted by Gasteiger charge is -2.46. The minimum Gasteiger partial charge on any atom is -0.477 e. The second-order valence-corrected chi connectivity index (χ2v) is 10.0. The summed E-state index contributed by atoms with van der Waals surface area (Å²) in [6, 6.07) is -0.221. The molecule has 4 heterocycles. The SMILES string of the molecule is C[C@@H](O)[C@H]1C(=O)N2C(C(=O)O)=C(S[C@@H]3CCN(CCN4CCNCC4)C3)[C@H](C)[C@H]12. The highest BCUT2D eigenvalue weighted by Gasteiger charge is 2.60. The Morgan fingerprint density at radius 1 is 1.24 bits per heavy atom. The summed E-state index contributed by atoms with van der Waals surface area (Å²) in [7, 11) is 0. The van der Waals surface area contributed by atoms with Gasteiger partial charge in [0.15, 0.2) is 0 Å². The molecule has 8 nitrogen and oxygen atoms in total. The van der Waals surface area contributed by atoms with Crippen LogP contribution in [0.15, 0.2) is 10.6 Å². The van der Waals surface area contributed by atoms with Crippen molar-refractivity contribution in [3.05, 3.63) is 10.6 Å². The molecule has 4 aliphatic rings. The first kappa shape index (κ1) is 21.1. The summed E-state index contributed by atoms with van der Waals surface area (Å²) in [5, 5.41) is 23.5. The number of aliphatic hydroxyl groups is 1. The third kappa shape index (κ3) is 3.95. The van der Waals surface area contributed by atoms with Crippen molar-refractivity contribution in [1.29, 1.82) is 0 Å². The Morgan fingerprint density at radius 2 is 1.93 bits per heavy atom.